The van der Waals surface area contributed by atoms with Gasteiger partial charge in [0.25, 0.3) is 11.2 Å². The molecule has 0 saturated heterocycles. The topological polar surface area (TPSA) is 92.5 Å². The molecular formula is C20H17F15N2O2. The molecule has 1 aromatic rings. The molecule has 0 aliphatic heterocycles. The zero-order valence-electron chi connectivity index (χ0n) is 19.1. The second kappa shape index (κ2) is 9.97. The highest BCUT2D eigenvalue weighted by Gasteiger charge is 2.73. The van der Waals surface area contributed by atoms with Crippen molar-refractivity contribution in [2.24, 2.45) is 5.73 Å². The highest BCUT2D eigenvalue weighted by Crippen LogP contribution is 2.53. The van der Waals surface area contributed by atoms with Crippen molar-refractivity contribution in [3.63, 3.8) is 0 Å². The molecule has 0 radical (unpaired) electrons. The lowest BCUT2D eigenvalue weighted by Gasteiger charge is -2.35. The minimum Gasteiger partial charge on any atom is -0.402 e. The number of benzene rings is 1. The van der Waals surface area contributed by atoms with Crippen LogP contribution in [0, 0.1) is 0 Å². The van der Waals surface area contributed by atoms with E-state index in [4.69, 9.17) is 11.5 Å². The first kappa shape index (κ1) is 34.2. The van der Waals surface area contributed by atoms with E-state index in [-0.39, 0.29) is 19.1 Å². The maximum Gasteiger partial charge on any atom is 0.430 e. The molecule has 224 valence electrons. The van der Waals surface area contributed by atoms with Crippen molar-refractivity contribution < 1.29 is 76.1 Å². The first-order chi connectivity index (χ1) is 17.0. The lowest BCUT2D eigenvalue weighted by molar-refractivity contribution is -0.376. The SMILES string of the molecule is C/C(N)=C(\C=C(/C)C(c1ccc(N)c(C(O)(C(F)(F)F)C(F)(F)F)c1)C(F)(F)F)C(O)(C(F)(F)F)C(F)(F)F. The van der Waals surface area contributed by atoms with Gasteiger partial charge < -0.3 is 21.7 Å². The quantitative estimate of drug-likeness (QED) is 0.182. The van der Waals surface area contributed by atoms with Crippen molar-refractivity contribution >= 4 is 5.69 Å². The number of halogens is 15. The van der Waals surface area contributed by atoms with Gasteiger partial charge in [0.1, 0.15) is 5.92 Å². The molecular weight excluding hydrogens is 585 g/mol. The fraction of sp³-hybridized carbons (Fsp3) is 0.500. The molecule has 0 bridgehead atoms. The summed E-state index contributed by atoms with van der Waals surface area (Å²) in [6.45, 7) is 0.572. The maximum atomic E-state index is 13.9. The van der Waals surface area contributed by atoms with Gasteiger partial charge in [-0.3, -0.25) is 0 Å². The van der Waals surface area contributed by atoms with E-state index in [1.54, 1.807) is 0 Å². The molecule has 0 aromatic heterocycles. The molecule has 0 spiro atoms. The van der Waals surface area contributed by atoms with Gasteiger partial charge in [-0.15, -0.1) is 0 Å². The van der Waals surface area contributed by atoms with E-state index in [0.717, 1.165) is 0 Å². The molecule has 1 aromatic carbocycles. The Morgan fingerprint density at radius 3 is 1.46 bits per heavy atom. The van der Waals surface area contributed by atoms with Crippen molar-refractivity contribution in [2.75, 3.05) is 5.73 Å². The number of nitrogen functional groups attached to an aromatic ring is 1. The minimum atomic E-state index is -6.62. The largest absolute Gasteiger partial charge is 0.430 e. The summed E-state index contributed by atoms with van der Waals surface area (Å²) in [5.41, 5.74) is -12.5. The van der Waals surface area contributed by atoms with Crippen LogP contribution in [0.1, 0.15) is 30.9 Å². The van der Waals surface area contributed by atoms with Crippen LogP contribution in [0.3, 0.4) is 0 Å². The molecule has 0 saturated carbocycles. The van der Waals surface area contributed by atoms with Crippen molar-refractivity contribution in [1.82, 2.24) is 0 Å². The van der Waals surface area contributed by atoms with Crippen LogP contribution in [0.25, 0.3) is 0 Å². The molecule has 19 heteroatoms. The standard InChI is InChI=1S/C20H17F15N2O2/c1-7(5-10(8(2)36)14(38,17(24,25)26)18(27,28)29)13(16(21,22)23)9-3-4-12(37)11(6-9)15(39,19(30,31)32)20(33,34)35/h3-6,13,38-39H,36-37H2,1-2H3/b7-5+,10-8-. The van der Waals surface area contributed by atoms with Crippen LogP contribution in [0.4, 0.5) is 71.5 Å². The fourth-order valence-corrected chi connectivity index (χ4v) is 3.52. The van der Waals surface area contributed by atoms with Gasteiger partial charge in [-0.1, -0.05) is 17.7 Å². The van der Waals surface area contributed by atoms with E-state index in [2.05, 4.69) is 0 Å². The third-order valence-electron chi connectivity index (χ3n) is 5.41. The number of alkyl halides is 15. The Labute approximate surface area is 208 Å². The first-order valence-electron chi connectivity index (χ1n) is 9.79. The third kappa shape index (κ3) is 6.02. The monoisotopic (exact) mass is 602 g/mol. The lowest BCUT2D eigenvalue weighted by atomic mass is 9.82. The van der Waals surface area contributed by atoms with E-state index in [1.165, 1.54) is 0 Å². The van der Waals surface area contributed by atoms with Crippen molar-refractivity contribution in [3.05, 3.63) is 52.2 Å². The second-order valence-corrected chi connectivity index (χ2v) is 8.22. The Kier molecular flexibility index (Phi) is 8.74. The second-order valence-electron chi connectivity index (χ2n) is 8.22. The van der Waals surface area contributed by atoms with Crippen LogP contribution < -0.4 is 11.5 Å². The van der Waals surface area contributed by atoms with Crippen LogP contribution in [0.5, 0.6) is 0 Å². The Bertz CT molecular complexity index is 1090. The molecule has 0 amide bonds. The summed E-state index contributed by atoms with van der Waals surface area (Å²) in [7, 11) is 0. The third-order valence-corrected chi connectivity index (χ3v) is 5.41. The van der Waals surface area contributed by atoms with Crippen LogP contribution in [-0.2, 0) is 5.60 Å². The predicted molar refractivity (Wildman–Crippen MR) is 103 cm³/mol. The summed E-state index contributed by atoms with van der Waals surface area (Å²) < 4.78 is 201. The van der Waals surface area contributed by atoms with Crippen molar-refractivity contribution in [3.8, 4) is 0 Å². The summed E-state index contributed by atoms with van der Waals surface area (Å²) in [6.07, 6.45) is -32.7. The van der Waals surface area contributed by atoms with E-state index < -0.39 is 93.8 Å². The van der Waals surface area contributed by atoms with E-state index in [0.29, 0.717) is 6.92 Å². The molecule has 1 atom stereocenters. The Hall–Kier alpha value is -2.83. The average Bonchev–Trinajstić information content (AvgIpc) is 2.67. The molecule has 0 heterocycles. The zero-order chi connectivity index (χ0) is 31.4. The van der Waals surface area contributed by atoms with E-state index in [1.807, 2.05) is 0 Å². The number of anilines is 1. The number of hydrogen-bond donors (Lipinski definition) is 4. The van der Waals surface area contributed by atoms with Gasteiger partial charge in [-0.25, -0.2) is 0 Å². The van der Waals surface area contributed by atoms with Crippen LogP contribution >= 0.6 is 0 Å². The predicted octanol–water partition coefficient (Wildman–Crippen LogP) is 6.26. The molecule has 1 rings (SSSR count). The van der Waals surface area contributed by atoms with Crippen LogP contribution in [-0.4, -0.2) is 46.7 Å². The van der Waals surface area contributed by atoms with Gasteiger partial charge in [0.05, 0.1) is 0 Å². The summed E-state index contributed by atoms with van der Waals surface area (Å²) in [6, 6.07) is -0.240. The van der Waals surface area contributed by atoms with Crippen LogP contribution in [0.2, 0.25) is 0 Å². The van der Waals surface area contributed by atoms with Crippen molar-refractivity contribution in [1.29, 1.82) is 0 Å². The fourth-order valence-electron chi connectivity index (χ4n) is 3.52. The lowest BCUT2D eigenvalue weighted by Crippen LogP contribution is -2.58. The van der Waals surface area contributed by atoms with Gasteiger partial charge in [0.15, 0.2) is 0 Å². The zero-order valence-corrected chi connectivity index (χ0v) is 19.1. The Balaban J connectivity index is 4.10. The van der Waals surface area contributed by atoms with Gasteiger partial charge >= 0.3 is 30.9 Å². The van der Waals surface area contributed by atoms with Crippen LogP contribution in [0.15, 0.2) is 41.1 Å². The van der Waals surface area contributed by atoms with Gasteiger partial charge in [-0.2, -0.15) is 65.9 Å². The van der Waals surface area contributed by atoms with Gasteiger partial charge in [0, 0.05) is 22.5 Å². The number of hydrogen-bond acceptors (Lipinski definition) is 4. The number of rotatable bonds is 5. The summed E-state index contributed by atoms with van der Waals surface area (Å²) >= 11 is 0. The molecule has 6 N–H and O–H groups in total. The smallest absolute Gasteiger partial charge is 0.402 e. The highest BCUT2D eigenvalue weighted by molar-refractivity contribution is 5.55. The number of nitrogens with two attached hydrogens (primary N) is 2. The highest BCUT2D eigenvalue weighted by atomic mass is 19.4. The van der Waals surface area contributed by atoms with E-state index >= 15 is 0 Å². The van der Waals surface area contributed by atoms with Gasteiger partial charge in [-0.05, 0) is 31.5 Å². The van der Waals surface area contributed by atoms with Crippen molar-refractivity contribution in [2.45, 2.75) is 61.8 Å². The molecule has 0 aliphatic carbocycles. The Morgan fingerprint density at radius 2 is 1.15 bits per heavy atom. The summed E-state index contributed by atoms with van der Waals surface area (Å²) in [5, 5.41) is 19.1. The molecule has 0 fully saturated rings. The molecule has 0 aliphatic rings. The normalized spacial score (nSPS) is 16.7. The summed E-state index contributed by atoms with van der Waals surface area (Å²) in [4.78, 5) is 0. The molecule has 4 nitrogen and oxygen atoms in total. The van der Waals surface area contributed by atoms with E-state index in [9.17, 15) is 76.1 Å². The number of allylic oxidation sites excluding steroid dienone is 2. The summed E-state index contributed by atoms with van der Waals surface area (Å²) in [5.74, 6) is -3.48. The molecule has 39 heavy (non-hydrogen) atoms. The maximum absolute atomic E-state index is 13.9. The van der Waals surface area contributed by atoms with Gasteiger partial charge in [0.2, 0.25) is 0 Å². The molecule has 1 unspecified atom stereocenters. The minimum absolute atomic E-state index is 0.0752. The Morgan fingerprint density at radius 1 is 0.744 bits per heavy atom. The number of aliphatic hydroxyl groups is 2. The average molecular weight is 602 g/mol. The first-order valence-corrected chi connectivity index (χ1v) is 9.79.